The Hall–Kier alpha value is -10.8. The number of benzene rings is 8. The molecule has 117 heavy (non-hydrogen) atoms. The van der Waals surface area contributed by atoms with Crippen molar-refractivity contribution in [2.75, 3.05) is 44.2 Å². The molecule has 0 unspecified atom stereocenters. The topological polar surface area (TPSA) is 353 Å². The van der Waals surface area contributed by atoms with Crippen LogP contribution in [0.3, 0.4) is 0 Å². The van der Waals surface area contributed by atoms with Crippen LogP contribution in [-0.2, 0) is 70.5 Å². The lowest BCUT2D eigenvalue weighted by Crippen LogP contribution is -2.14. The summed E-state index contributed by atoms with van der Waals surface area (Å²) < 4.78 is 65.7. The standard InChI is InChI=1S/4C22H25N3O2S.5CH4/c4*23-22-25-19(15-28-22)14-21(27)24-18-12-10-16(11-13-18)6-4-5-9-20(26)17-7-2-1-3-8-17;;;;;/h4*1-3,7-8,10-13,15,20,26H,4-6,9,14H2,(H2,23,25)(H,24,27);5*1H4/t4*20-;;;;;/m0000...../s1/i9D2,20D;20D;9D2;4D2;;;;;. The summed E-state index contributed by atoms with van der Waals surface area (Å²) >= 11 is 5.23. The second-order valence-corrected chi connectivity index (χ2v) is 29.5. The van der Waals surface area contributed by atoms with Gasteiger partial charge in [0.15, 0.2) is 20.5 Å². The number of aryl methyl sites for hydroxylation is 4. The second kappa shape index (κ2) is 54.2. The minimum absolute atomic E-state index is 0. The number of nitrogen functional groups attached to an aromatic ring is 4. The average Bonchev–Trinajstić information content (AvgIpc) is 1.29. The van der Waals surface area contributed by atoms with Gasteiger partial charge in [0.25, 0.3) is 0 Å². The monoisotopic (exact) mass is 1670 g/mol. The molecule has 0 aliphatic carbocycles. The fraction of sp³-hybridized carbons (Fsp3) is 0.312. The highest BCUT2D eigenvalue weighted by Crippen LogP contribution is 2.27. The van der Waals surface area contributed by atoms with Gasteiger partial charge in [0.05, 0.1) is 75.6 Å². The van der Waals surface area contributed by atoms with Crippen molar-refractivity contribution >= 4 is 112 Å². The third-order valence-electron chi connectivity index (χ3n) is 17.0. The molecule has 0 spiro atoms. The highest BCUT2D eigenvalue weighted by molar-refractivity contribution is 7.14. The number of rotatable bonds is 36. The average molecular weight is 1670 g/mol. The fourth-order valence-corrected chi connectivity index (χ4v) is 13.5. The van der Waals surface area contributed by atoms with E-state index >= 15 is 0 Å². The maximum Gasteiger partial charge on any atom is 0.230 e. The van der Waals surface area contributed by atoms with Crippen molar-refractivity contribution in [3.05, 3.63) is 307 Å². The molecule has 0 saturated heterocycles. The molecule has 16 N–H and O–H groups in total. The third-order valence-corrected chi connectivity index (χ3v) is 19.9. The zero-order chi connectivity index (χ0) is 86.3. The minimum atomic E-state index is -2.32. The van der Waals surface area contributed by atoms with Crippen molar-refractivity contribution < 1.29 is 50.6 Å². The lowest BCUT2D eigenvalue weighted by atomic mass is 10.0. The first-order chi connectivity index (χ1) is 57.2. The number of aliphatic hydroxyl groups excluding tert-OH is 2. The number of anilines is 8. The van der Waals surface area contributed by atoms with Crippen LogP contribution in [0.25, 0.3) is 0 Å². The van der Waals surface area contributed by atoms with E-state index < -0.39 is 43.5 Å². The summed E-state index contributed by atoms with van der Waals surface area (Å²) in [4.78, 5) is 64.7. The molecule has 24 heteroatoms. The number of nitrogens with two attached hydrogens (primary N) is 4. The SMILES string of the molecule is C.C.C.C.C.[2H]C([2H])(CCCc1ccc(NC(=O)Cc2csc(N)n2)cc1)[C@H](O)c1ccccc1.[2H]C([2H])(CCCc1ccc(NC(=O)Cc2csc(N)n2)cc1)[C@]([2H])(O)c1ccccc1.[2H]C([2H])(CC[C@H](O)c1ccccc1)Cc1ccc(NC(=O)Cc2csc(N)n2)cc1.[2H][C@](O)(CCCCc1ccc(NC(=O)Cc2csc(N)n2)cc1)c1ccccc1. The molecular weight excluding hydrogens is 1540 g/mol. The molecule has 8 aromatic carbocycles. The van der Waals surface area contributed by atoms with Crippen LogP contribution >= 0.6 is 45.3 Å². The van der Waals surface area contributed by atoms with Crippen molar-refractivity contribution in [2.45, 2.75) is 190 Å². The van der Waals surface area contributed by atoms with E-state index in [9.17, 15) is 39.6 Å². The highest BCUT2D eigenvalue weighted by Gasteiger charge is 2.15. The van der Waals surface area contributed by atoms with E-state index in [2.05, 4.69) is 41.2 Å². The summed E-state index contributed by atoms with van der Waals surface area (Å²) in [7, 11) is 0. The molecule has 4 atom stereocenters. The van der Waals surface area contributed by atoms with E-state index in [4.69, 9.17) is 33.9 Å². The van der Waals surface area contributed by atoms with E-state index in [-0.39, 0.29) is 118 Å². The lowest BCUT2D eigenvalue weighted by molar-refractivity contribution is -0.116. The number of aliphatic hydroxyl groups is 4. The van der Waals surface area contributed by atoms with E-state index in [1.165, 1.54) is 45.3 Å². The molecule has 12 rings (SSSR count). The Morgan fingerprint density at radius 3 is 0.906 bits per heavy atom. The first kappa shape index (κ1) is 85.6. The summed E-state index contributed by atoms with van der Waals surface area (Å²) in [5, 5.41) is 61.6. The molecule has 4 heterocycles. The normalized spacial score (nSPS) is 13.3. The van der Waals surface area contributed by atoms with E-state index in [0.717, 1.165) is 52.8 Å². The number of nitrogens with zero attached hydrogens (tertiary/aromatic N) is 4. The molecule has 0 aliphatic rings. The fourth-order valence-electron chi connectivity index (χ4n) is 11.3. The first-order valence-electron chi connectivity index (χ1n) is 40.6. The number of carbonyl (C=O) groups is 4. The zero-order valence-corrected chi connectivity index (χ0v) is 65.2. The maximum atomic E-state index is 12.1. The molecule has 4 aromatic heterocycles. The van der Waals surface area contributed by atoms with Crippen molar-refractivity contribution in [1.82, 2.24) is 19.9 Å². The Labute approximate surface area is 719 Å². The van der Waals surface area contributed by atoms with Gasteiger partial charge in [0.2, 0.25) is 23.6 Å². The Morgan fingerprint density at radius 1 is 0.325 bits per heavy atom. The predicted molar refractivity (Wildman–Crippen MR) is 491 cm³/mol. The van der Waals surface area contributed by atoms with E-state index in [0.29, 0.717) is 110 Å². The Balaban J connectivity index is 0.000000345. The lowest BCUT2D eigenvalue weighted by Gasteiger charge is -2.10. The number of hydrogen-bond donors (Lipinski definition) is 12. The largest absolute Gasteiger partial charge is 0.388 e. The number of amides is 4. The summed E-state index contributed by atoms with van der Waals surface area (Å²) in [5.41, 5.74) is 33.9. The second-order valence-electron chi connectivity index (χ2n) is 25.9. The van der Waals surface area contributed by atoms with Crippen LogP contribution in [0.4, 0.5) is 43.3 Å². The van der Waals surface area contributed by atoms with E-state index in [1.54, 1.807) is 113 Å². The molecule has 0 fully saturated rings. The molecule has 20 nitrogen and oxygen atoms in total. The Bertz CT molecular complexity index is 5140. The van der Waals surface area contributed by atoms with Crippen molar-refractivity contribution in [1.29, 1.82) is 0 Å². The van der Waals surface area contributed by atoms with Crippen LogP contribution in [-0.4, -0.2) is 64.0 Å². The van der Waals surface area contributed by atoms with Crippen LogP contribution in [0.2, 0.25) is 0 Å². The Kier molecular flexibility index (Phi) is 39.6. The third kappa shape index (κ3) is 37.3. The van der Waals surface area contributed by atoms with Crippen LogP contribution < -0.4 is 44.2 Å². The van der Waals surface area contributed by atoms with Crippen LogP contribution in [0.15, 0.2) is 240 Å². The molecule has 0 aliphatic heterocycles. The van der Waals surface area contributed by atoms with Crippen LogP contribution in [0, 0.1) is 0 Å². The van der Waals surface area contributed by atoms with Gasteiger partial charge in [-0.2, -0.15) is 0 Å². The number of unbranched alkanes of at least 4 members (excludes halogenated alkanes) is 1. The zero-order valence-electron chi connectivity index (χ0n) is 69.9. The van der Waals surface area contributed by atoms with Gasteiger partial charge in [-0.3, -0.25) is 19.2 Å². The van der Waals surface area contributed by atoms with Gasteiger partial charge in [0.1, 0.15) is 0 Å². The Morgan fingerprint density at radius 2 is 0.598 bits per heavy atom. The van der Waals surface area contributed by atoms with Gasteiger partial charge in [-0.05, 0) is 170 Å². The smallest absolute Gasteiger partial charge is 0.230 e. The van der Waals surface area contributed by atoms with E-state index in [1.807, 2.05) is 127 Å². The maximum absolute atomic E-state index is 12.1. The number of carbonyl (C=O) groups excluding carboxylic acids is 4. The van der Waals surface area contributed by atoms with Crippen molar-refractivity contribution in [2.24, 2.45) is 0 Å². The quantitative estimate of drug-likeness (QED) is 0.0162. The first-order valence-corrected chi connectivity index (χ1v) is 40.1. The summed E-state index contributed by atoms with van der Waals surface area (Å²) in [6, 6.07) is 65.2. The summed E-state index contributed by atoms with van der Waals surface area (Å²) in [6.07, 6.45) is -3.86. The summed E-state index contributed by atoms with van der Waals surface area (Å²) in [5.74, 6) is -0.644. The highest BCUT2D eigenvalue weighted by atomic mass is 32.1. The summed E-state index contributed by atoms with van der Waals surface area (Å²) in [6.45, 7) is 0. The van der Waals surface area contributed by atoms with Gasteiger partial charge in [-0.15, -0.1) is 45.3 Å². The number of nitrogens with one attached hydrogen (secondary N) is 4. The molecule has 0 bridgehead atoms. The van der Waals surface area contributed by atoms with Crippen LogP contribution in [0.1, 0.15) is 217 Å². The number of thiazole rings is 4. The molecule has 4 amide bonds. The van der Waals surface area contributed by atoms with Gasteiger partial charge < -0.3 is 64.6 Å². The van der Waals surface area contributed by atoms with Crippen molar-refractivity contribution in [3.8, 4) is 0 Å². The van der Waals surface area contributed by atoms with Crippen molar-refractivity contribution in [3.63, 3.8) is 0 Å². The van der Waals surface area contributed by atoms with Gasteiger partial charge >= 0.3 is 0 Å². The van der Waals surface area contributed by atoms with Gasteiger partial charge in [-0.1, -0.05) is 233 Å². The minimum Gasteiger partial charge on any atom is -0.388 e. The predicted octanol–water partition coefficient (Wildman–Crippen LogP) is 20.6. The number of aromatic nitrogens is 4. The van der Waals surface area contributed by atoms with Gasteiger partial charge in [0, 0.05) is 52.5 Å². The molecule has 0 saturated carbocycles. The molecule has 624 valence electrons. The van der Waals surface area contributed by atoms with Crippen LogP contribution in [0.5, 0.6) is 0 Å². The molecule has 0 radical (unpaired) electrons. The molecule has 12 aromatic rings. The molecular formula is C93H120N12O8S4. The van der Waals surface area contributed by atoms with Gasteiger partial charge in [-0.25, -0.2) is 19.9 Å². The number of hydrogen-bond acceptors (Lipinski definition) is 20.